The van der Waals surface area contributed by atoms with Gasteiger partial charge in [0.15, 0.2) is 5.65 Å². The van der Waals surface area contributed by atoms with Gasteiger partial charge in [0.2, 0.25) is 0 Å². The monoisotopic (exact) mass is 676 g/mol. The first-order valence-electron chi connectivity index (χ1n) is 17.5. The van der Waals surface area contributed by atoms with E-state index in [4.69, 9.17) is 24.7 Å². The van der Waals surface area contributed by atoms with Gasteiger partial charge in [0.05, 0.1) is 29.9 Å². The van der Waals surface area contributed by atoms with E-state index in [1.165, 1.54) is 6.07 Å². The van der Waals surface area contributed by atoms with Gasteiger partial charge in [-0.05, 0) is 96.9 Å². The first-order chi connectivity index (χ1) is 23.2. The fraction of sp³-hybridized carbons (Fsp3) is 0.513. The van der Waals surface area contributed by atoms with E-state index >= 15 is 0 Å². The summed E-state index contributed by atoms with van der Waals surface area (Å²) >= 11 is 0. The van der Waals surface area contributed by atoms with E-state index in [2.05, 4.69) is 11.8 Å². The number of aryl methyl sites for hydroxylation is 2. The molecule has 2 aromatic heterocycles. The summed E-state index contributed by atoms with van der Waals surface area (Å²) in [6, 6.07) is 13.2. The Labute approximate surface area is 290 Å². The summed E-state index contributed by atoms with van der Waals surface area (Å²) in [5.74, 6) is 0.104. The van der Waals surface area contributed by atoms with Crippen LogP contribution in [-0.4, -0.2) is 68.3 Å². The van der Waals surface area contributed by atoms with E-state index in [1.807, 2.05) is 57.2 Å². The van der Waals surface area contributed by atoms with E-state index in [9.17, 15) is 14.3 Å². The van der Waals surface area contributed by atoms with E-state index in [0.29, 0.717) is 41.4 Å². The third-order valence-corrected chi connectivity index (χ3v) is 8.56. The molecule has 10 heteroatoms. The number of halogens is 1. The number of ether oxygens (including phenoxy) is 2. The summed E-state index contributed by atoms with van der Waals surface area (Å²) in [5, 5.41) is 23.3. The number of piperidine rings is 1. The van der Waals surface area contributed by atoms with Crippen molar-refractivity contribution in [1.29, 1.82) is 0 Å². The molecule has 9 nitrogen and oxygen atoms in total. The number of benzene rings is 2. The first kappa shape index (κ1) is 37.8. The Morgan fingerprint density at radius 3 is 2.33 bits per heavy atom. The molecule has 0 radical (unpaired) electrons. The standard InChI is InChI=1S/C33H37FN4O4.C4H10O.C2H6/c1-21-16-26-23-8-7-9-24(17-23)28-20-30-35-22(2)25(18-31(39)40)32(38(30)36-28)37-12-10-33(3,11-13-37)42-15-6-4-5-14-41-29(26)19-27(21)34;1-4(2,3)5;1-2/h7-9,16-17,19-20H,4-6,10-15,18H2,1-3H3,(H,39,40);5H,1-3H3;1-2H3. The van der Waals surface area contributed by atoms with Crippen molar-refractivity contribution in [3.63, 3.8) is 0 Å². The molecular formula is C39H53FN4O5. The largest absolute Gasteiger partial charge is 0.493 e. The topological polar surface area (TPSA) is 109 Å². The highest BCUT2D eigenvalue weighted by Gasteiger charge is 2.33. The van der Waals surface area contributed by atoms with Crippen LogP contribution in [0.15, 0.2) is 42.5 Å². The maximum absolute atomic E-state index is 14.6. The van der Waals surface area contributed by atoms with Crippen molar-refractivity contribution >= 4 is 17.4 Å². The summed E-state index contributed by atoms with van der Waals surface area (Å²) in [4.78, 5) is 18.9. The number of carboxylic acids is 1. The average molecular weight is 677 g/mol. The molecule has 0 amide bonds. The molecule has 0 aliphatic carbocycles. The van der Waals surface area contributed by atoms with Crippen molar-refractivity contribution in [1.82, 2.24) is 14.6 Å². The molecule has 2 N–H and O–H groups in total. The molecule has 2 aromatic carbocycles. The molecular weight excluding hydrogens is 623 g/mol. The minimum Gasteiger partial charge on any atom is -0.493 e. The third kappa shape index (κ3) is 9.79. The zero-order chi connectivity index (χ0) is 35.9. The lowest BCUT2D eigenvalue weighted by molar-refractivity contribution is -0.136. The Balaban J connectivity index is 0.000000710. The van der Waals surface area contributed by atoms with Gasteiger partial charge in [-0.25, -0.2) is 9.37 Å². The molecule has 0 unspecified atom stereocenters. The maximum Gasteiger partial charge on any atom is 0.308 e. The van der Waals surface area contributed by atoms with Crippen molar-refractivity contribution in [2.75, 3.05) is 31.2 Å². The molecule has 4 aromatic rings. The van der Waals surface area contributed by atoms with Gasteiger partial charge in [-0.3, -0.25) is 4.79 Å². The van der Waals surface area contributed by atoms with Crippen molar-refractivity contribution in [3.8, 4) is 28.1 Å². The fourth-order valence-electron chi connectivity index (χ4n) is 6.03. The number of hydrogen-bond donors (Lipinski definition) is 2. The molecule has 5 heterocycles. The van der Waals surface area contributed by atoms with Gasteiger partial charge in [0.25, 0.3) is 0 Å². The zero-order valence-corrected chi connectivity index (χ0v) is 30.4. The van der Waals surface area contributed by atoms with Gasteiger partial charge in [0, 0.05) is 54.2 Å². The smallest absolute Gasteiger partial charge is 0.308 e. The van der Waals surface area contributed by atoms with Gasteiger partial charge in [-0.2, -0.15) is 9.61 Å². The van der Waals surface area contributed by atoms with Crippen LogP contribution in [-0.2, 0) is 16.0 Å². The number of aromatic nitrogens is 3. The van der Waals surface area contributed by atoms with Crippen LogP contribution in [0.25, 0.3) is 28.0 Å². The number of nitrogens with zero attached hydrogens (tertiary/aromatic N) is 4. The van der Waals surface area contributed by atoms with E-state index in [0.717, 1.165) is 73.4 Å². The summed E-state index contributed by atoms with van der Waals surface area (Å²) in [6.07, 6.45) is 4.24. The quantitative estimate of drug-likeness (QED) is 0.219. The minimum absolute atomic E-state index is 0.133. The highest BCUT2D eigenvalue weighted by molar-refractivity contribution is 5.78. The van der Waals surface area contributed by atoms with E-state index in [-0.39, 0.29) is 17.8 Å². The number of rotatable bonds is 2. The SMILES string of the molecule is CC.CC(C)(C)O.Cc1cc2c(cc1F)OCCCCCOC1(C)CCN(CC1)c1c(CC(=O)O)c(C)nc3cc(nn13)-c1cccc-2c1. The number of anilines is 1. The lowest BCUT2D eigenvalue weighted by Crippen LogP contribution is -2.45. The fourth-order valence-corrected chi connectivity index (χ4v) is 6.03. The Hall–Kier alpha value is -4.02. The predicted molar refractivity (Wildman–Crippen MR) is 193 cm³/mol. The third-order valence-electron chi connectivity index (χ3n) is 8.56. The lowest BCUT2D eigenvalue weighted by atomic mass is 9.92. The maximum atomic E-state index is 14.6. The zero-order valence-electron chi connectivity index (χ0n) is 30.4. The highest BCUT2D eigenvalue weighted by Crippen LogP contribution is 2.37. The van der Waals surface area contributed by atoms with Crippen LogP contribution in [0.3, 0.4) is 0 Å². The average Bonchev–Trinajstić information content (AvgIpc) is 3.46. The second-order valence-corrected chi connectivity index (χ2v) is 13.9. The van der Waals surface area contributed by atoms with Gasteiger partial charge < -0.3 is 24.6 Å². The number of carbonyl (C=O) groups is 1. The number of carboxylic acid groups (broad SMARTS) is 1. The van der Waals surface area contributed by atoms with Crippen LogP contribution in [0.1, 0.15) is 90.5 Å². The molecule has 3 aliphatic heterocycles. The van der Waals surface area contributed by atoms with Crippen molar-refractivity contribution in [3.05, 3.63) is 65.1 Å². The van der Waals surface area contributed by atoms with Crippen molar-refractivity contribution in [2.45, 2.75) is 105 Å². The summed E-state index contributed by atoms with van der Waals surface area (Å²) in [6.45, 7) is 17.6. The predicted octanol–water partition coefficient (Wildman–Crippen LogP) is 8.19. The molecule has 1 saturated heterocycles. The second-order valence-electron chi connectivity index (χ2n) is 13.9. The molecule has 266 valence electrons. The number of aliphatic hydroxyl groups is 1. The van der Waals surface area contributed by atoms with Crippen LogP contribution >= 0.6 is 0 Å². The number of fused-ring (bicyclic) bond motifs is 8. The van der Waals surface area contributed by atoms with Gasteiger partial charge in [0.1, 0.15) is 17.4 Å². The van der Waals surface area contributed by atoms with E-state index in [1.54, 1.807) is 32.2 Å². The molecule has 6 bridgehead atoms. The molecule has 0 spiro atoms. The van der Waals surface area contributed by atoms with Crippen LogP contribution in [0.4, 0.5) is 10.2 Å². The molecule has 49 heavy (non-hydrogen) atoms. The normalized spacial score (nSPS) is 16.1. The van der Waals surface area contributed by atoms with Gasteiger partial charge in [-0.15, -0.1) is 0 Å². The van der Waals surface area contributed by atoms with Crippen LogP contribution in [0.2, 0.25) is 0 Å². The van der Waals surface area contributed by atoms with E-state index < -0.39 is 11.6 Å². The Morgan fingerprint density at radius 2 is 1.65 bits per heavy atom. The van der Waals surface area contributed by atoms with Gasteiger partial charge >= 0.3 is 5.97 Å². The summed E-state index contributed by atoms with van der Waals surface area (Å²) < 4.78 is 28.9. The Bertz CT molecular complexity index is 1730. The molecule has 0 saturated carbocycles. The summed E-state index contributed by atoms with van der Waals surface area (Å²) in [7, 11) is 0. The lowest BCUT2D eigenvalue weighted by Gasteiger charge is -2.41. The second kappa shape index (κ2) is 16.1. The van der Waals surface area contributed by atoms with Crippen LogP contribution < -0.4 is 9.64 Å². The molecule has 3 aliphatic rings. The molecule has 1 fully saturated rings. The van der Waals surface area contributed by atoms with Crippen LogP contribution in [0.5, 0.6) is 5.75 Å². The highest BCUT2D eigenvalue weighted by atomic mass is 19.1. The van der Waals surface area contributed by atoms with Crippen molar-refractivity contribution < 1.29 is 28.9 Å². The first-order valence-corrected chi connectivity index (χ1v) is 17.5. The van der Waals surface area contributed by atoms with Gasteiger partial charge in [-0.1, -0.05) is 32.0 Å². The Morgan fingerprint density at radius 1 is 1.00 bits per heavy atom. The number of aliphatic carboxylic acids is 1. The molecule has 7 rings (SSSR count). The number of hydrogen-bond acceptors (Lipinski definition) is 7. The molecule has 0 atom stereocenters. The van der Waals surface area contributed by atoms with Crippen LogP contribution in [0, 0.1) is 19.7 Å². The van der Waals surface area contributed by atoms with Crippen molar-refractivity contribution in [2.24, 2.45) is 0 Å². The Kier molecular flexibility index (Phi) is 12.4. The minimum atomic E-state index is -0.903. The summed E-state index contributed by atoms with van der Waals surface area (Å²) in [5.41, 5.74) is 5.15.